The molecule has 0 radical (unpaired) electrons. The van der Waals surface area contributed by atoms with Crippen molar-refractivity contribution in [3.8, 4) is 0 Å². The van der Waals surface area contributed by atoms with Gasteiger partial charge in [-0.15, -0.1) is 0 Å². The summed E-state index contributed by atoms with van der Waals surface area (Å²) in [5.74, 6) is 1.52. The molecule has 0 aliphatic heterocycles. The topological polar surface area (TPSA) is 49.4 Å². The number of nitrogens with zero attached hydrogens (tertiary/aromatic N) is 1. The molecule has 4 nitrogen and oxygen atoms in total. The Bertz CT molecular complexity index is 405. The van der Waals surface area contributed by atoms with E-state index in [1.807, 2.05) is 0 Å². The van der Waals surface area contributed by atoms with Gasteiger partial charge < -0.3 is 0 Å². The Hall–Kier alpha value is -0.130. The second-order valence-electron chi connectivity index (χ2n) is 7.13. The molecule has 124 valence electrons. The van der Waals surface area contributed by atoms with Crippen LogP contribution >= 0.6 is 0 Å². The van der Waals surface area contributed by atoms with Crippen LogP contribution in [0.15, 0.2) is 0 Å². The van der Waals surface area contributed by atoms with Crippen LogP contribution < -0.4 is 4.72 Å². The number of hydrogen-bond donors (Lipinski definition) is 1. The van der Waals surface area contributed by atoms with Gasteiger partial charge in [0.15, 0.2) is 0 Å². The third-order valence-corrected chi connectivity index (χ3v) is 6.98. The molecule has 2 aliphatic rings. The van der Waals surface area contributed by atoms with Crippen molar-refractivity contribution >= 4 is 10.2 Å². The third-order valence-electron chi connectivity index (χ3n) is 5.35. The minimum atomic E-state index is -3.29. The van der Waals surface area contributed by atoms with Crippen molar-refractivity contribution in [3.63, 3.8) is 0 Å². The second-order valence-corrected chi connectivity index (χ2v) is 8.95. The molecule has 1 N–H and O–H groups in total. The lowest BCUT2D eigenvalue weighted by atomic mass is 9.81. The van der Waals surface area contributed by atoms with E-state index in [-0.39, 0.29) is 6.04 Å². The molecule has 0 spiro atoms. The van der Waals surface area contributed by atoms with Crippen LogP contribution in [-0.2, 0) is 10.2 Å². The van der Waals surface area contributed by atoms with Crippen LogP contribution in [0.4, 0.5) is 0 Å². The molecule has 0 saturated heterocycles. The minimum absolute atomic E-state index is 0.200. The predicted molar refractivity (Wildman–Crippen MR) is 87.3 cm³/mol. The summed E-state index contributed by atoms with van der Waals surface area (Å²) in [5, 5.41) is 0. The summed E-state index contributed by atoms with van der Waals surface area (Å²) < 4.78 is 29.1. The van der Waals surface area contributed by atoms with Crippen LogP contribution in [0, 0.1) is 11.8 Å². The van der Waals surface area contributed by atoms with Crippen molar-refractivity contribution in [2.45, 2.75) is 77.2 Å². The Morgan fingerprint density at radius 1 is 1.05 bits per heavy atom. The standard InChI is InChI=1S/C16H32N2O2S/c1-14-7-6-8-15(13-14)11-12-17-21(19,20)18(2)16-9-4-3-5-10-16/h14-17H,3-13H2,1-2H3/t14-,15-/m1/s1. The Kier molecular flexibility index (Phi) is 6.51. The average Bonchev–Trinajstić information content (AvgIpc) is 2.47. The van der Waals surface area contributed by atoms with E-state index >= 15 is 0 Å². The first kappa shape index (κ1) is 17.2. The second kappa shape index (κ2) is 7.93. The Morgan fingerprint density at radius 3 is 2.43 bits per heavy atom. The molecule has 0 aromatic heterocycles. The lowest BCUT2D eigenvalue weighted by molar-refractivity contribution is 0.266. The van der Waals surface area contributed by atoms with Gasteiger partial charge in [-0.25, -0.2) is 4.72 Å². The van der Waals surface area contributed by atoms with Gasteiger partial charge in [0.2, 0.25) is 0 Å². The van der Waals surface area contributed by atoms with Crippen LogP contribution in [0.3, 0.4) is 0 Å². The molecule has 2 rings (SSSR count). The SMILES string of the molecule is C[C@@H]1CCC[C@H](CCNS(=O)(=O)N(C)C2CCCCC2)C1. The molecule has 0 bridgehead atoms. The lowest BCUT2D eigenvalue weighted by Crippen LogP contribution is -2.45. The van der Waals surface area contributed by atoms with E-state index < -0.39 is 10.2 Å². The number of nitrogens with one attached hydrogen (secondary N) is 1. The van der Waals surface area contributed by atoms with Crippen molar-refractivity contribution in [2.24, 2.45) is 11.8 Å². The van der Waals surface area contributed by atoms with Crippen molar-refractivity contribution in [1.82, 2.24) is 9.03 Å². The highest BCUT2D eigenvalue weighted by atomic mass is 32.2. The van der Waals surface area contributed by atoms with Gasteiger partial charge in [-0.1, -0.05) is 45.4 Å². The van der Waals surface area contributed by atoms with Crippen molar-refractivity contribution in [1.29, 1.82) is 0 Å². The molecule has 0 heterocycles. The highest BCUT2D eigenvalue weighted by Crippen LogP contribution is 2.30. The first-order valence-corrected chi connectivity index (χ1v) is 10.2. The van der Waals surface area contributed by atoms with E-state index in [9.17, 15) is 8.42 Å². The summed E-state index contributed by atoms with van der Waals surface area (Å²) in [6, 6.07) is 0.200. The van der Waals surface area contributed by atoms with Crippen molar-refractivity contribution in [2.75, 3.05) is 13.6 Å². The fraction of sp³-hybridized carbons (Fsp3) is 1.00. The first-order valence-electron chi connectivity index (χ1n) is 8.71. The van der Waals surface area contributed by atoms with Crippen molar-refractivity contribution < 1.29 is 8.42 Å². The quantitative estimate of drug-likeness (QED) is 0.817. The molecule has 0 unspecified atom stereocenters. The number of hydrogen-bond acceptors (Lipinski definition) is 2. The summed E-state index contributed by atoms with van der Waals surface area (Å²) in [5.41, 5.74) is 0. The van der Waals surface area contributed by atoms with E-state index in [4.69, 9.17) is 0 Å². The highest BCUT2D eigenvalue weighted by Gasteiger charge is 2.27. The van der Waals surface area contributed by atoms with Gasteiger partial charge in [0.1, 0.15) is 0 Å². The summed E-state index contributed by atoms with van der Waals surface area (Å²) in [7, 11) is -1.55. The fourth-order valence-corrected chi connectivity index (χ4v) is 5.14. The van der Waals surface area contributed by atoms with Crippen LogP contribution in [0.5, 0.6) is 0 Å². The van der Waals surface area contributed by atoms with Crippen molar-refractivity contribution in [3.05, 3.63) is 0 Å². The van der Waals surface area contributed by atoms with E-state index in [1.54, 1.807) is 11.4 Å². The van der Waals surface area contributed by atoms with E-state index in [0.717, 1.165) is 38.0 Å². The summed E-state index contributed by atoms with van der Waals surface area (Å²) in [6.45, 7) is 2.91. The van der Waals surface area contributed by atoms with Gasteiger partial charge in [0.05, 0.1) is 0 Å². The Morgan fingerprint density at radius 2 is 1.76 bits per heavy atom. The van der Waals surface area contributed by atoms with Crippen LogP contribution in [-0.4, -0.2) is 32.4 Å². The number of rotatable bonds is 6. The molecule has 5 heteroatoms. The normalized spacial score (nSPS) is 28.9. The van der Waals surface area contributed by atoms with E-state index in [1.165, 1.54) is 32.1 Å². The van der Waals surface area contributed by atoms with E-state index in [0.29, 0.717) is 12.5 Å². The highest BCUT2D eigenvalue weighted by molar-refractivity contribution is 7.87. The predicted octanol–water partition coefficient (Wildman–Crippen LogP) is 3.30. The zero-order valence-electron chi connectivity index (χ0n) is 13.7. The summed E-state index contributed by atoms with van der Waals surface area (Å²) >= 11 is 0. The van der Waals surface area contributed by atoms with Gasteiger partial charge in [0.25, 0.3) is 10.2 Å². The first-order chi connectivity index (χ1) is 9.99. The minimum Gasteiger partial charge on any atom is -0.202 e. The molecule has 2 aliphatic carbocycles. The maximum Gasteiger partial charge on any atom is 0.279 e. The molecule has 2 saturated carbocycles. The van der Waals surface area contributed by atoms with Gasteiger partial charge in [0, 0.05) is 19.6 Å². The van der Waals surface area contributed by atoms with Gasteiger partial charge in [-0.3, -0.25) is 0 Å². The summed E-state index contributed by atoms with van der Waals surface area (Å²) in [4.78, 5) is 0. The maximum absolute atomic E-state index is 12.4. The zero-order chi connectivity index (χ0) is 15.3. The van der Waals surface area contributed by atoms with Crippen LogP contribution in [0.25, 0.3) is 0 Å². The Labute approximate surface area is 130 Å². The maximum atomic E-state index is 12.4. The van der Waals surface area contributed by atoms with E-state index in [2.05, 4.69) is 11.6 Å². The summed E-state index contributed by atoms with van der Waals surface area (Å²) in [6.07, 6.45) is 11.8. The monoisotopic (exact) mass is 316 g/mol. The fourth-order valence-electron chi connectivity index (χ4n) is 3.96. The molecule has 2 fully saturated rings. The molecule has 0 amide bonds. The largest absolute Gasteiger partial charge is 0.279 e. The third kappa shape index (κ3) is 5.22. The van der Waals surface area contributed by atoms with Crippen LogP contribution in [0.2, 0.25) is 0 Å². The van der Waals surface area contributed by atoms with Crippen LogP contribution in [0.1, 0.15) is 71.1 Å². The van der Waals surface area contributed by atoms with Gasteiger partial charge >= 0.3 is 0 Å². The average molecular weight is 317 g/mol. The smallest absolute Gasteiger partial charge is 0.202 e. The molecular weight excluding hydrogens is 284 g/mol. The molecule has 0 aromatic carbocycles. The molecular formula is C16H32N2O2S. The molecule has 21 heavy (non-hydrogen) atoms. The lowest BCUT2D eigenvalue weighted by Gasteiger charge is -2.31. The molecule has 0 aromatic rings. The van der Waals surface area contributed by atoms with Gasteiger partial charge in [-0.2, -0.15) is 12.7 Å². The Balaban J connectivity index is 1.75. The van der Waals surface area contributed by atoms with Gasteiger partial charge in [-0.05, 0) is 37.5 Å². The molecule has 2 atom stereocenters. The zero-order valence-corrected chi connectivity index (χ0v) is 14.5.